The number of carbonyl (C=O) groups is 1. The van der Waals surface area contributed by atoms with Gasteiger partial charge in [-0.15, -0.1) is 0 Å². The van der Waals surface area contributed by atoms with E-state index in [2.05, 4.69) is 20.9 Å². The Balaban J connectivity index is 3.02. The first-order valence-corrected chi connectivity index (χ1v) is 4.20. The summed E-state index contributed by atoms with van der Waals surface area (Å²) in [5, 5.41) is 8.38. The van der Waals surface area contributed by atoms with Crippen LogP contribution in [0, 0.1) is 0 Å². The molecule has 0 aliphatic heterocycles. The van der Waals surface area contributed by atoms with Crippen LogP contribution in [0.2, 0.25) is 0 Å². The molecule has 3 N–H and O–H groups in total. The monoisotopic (exact) mass is 242 g/mol. The van der Waals surface area contributed by atoms with Crippen molar-refractivity contribution in [2.75, 3.05) is 5.73 Å². The molecule has 0 aliphatic carbocycles. The van der Waals surface area contributed by atoms with Crippen LogP contribution in [0.1, 0.15) is 5.56 Å². The zero-order valence-electron chi connectivity index (χ0n) is 6.57. The molecule has 0 spiro atoms. The van der Waals surface area contributed by atoms with Crippen LogP contribution < -0.4 is 5.73 Å². The Morgan fingerprint density at radius 3 is 2.92 bits per heavy atom. The molecule has 1 rings (SSSR count). The minimum absolute atomic E-state index is 0.479. The number of hydrogen-bond donors (Lipinski definition) is 2. The average Bonchev–Trinajstić information content (AvgIpc) is 2.07. The Bertz CT molecular complexity index is 363. The molecule has 0 saturated carbocycles. The van der Waals surface area contributed by atoms with Crippen molar-refractivity contribution in [3.63, 3.8) is 0 Å². The van der Waals surface area contributed by atoms with E-state index in [-0.39, 0.29) is 0 Å². The first-order chi connectivity index (χ1) is 6.11. The van der Waals surface area contributed by atoms with Crippen LogP contribution in [0.5, 0.6) is 0 Å². The van der Waals surface area contributed by atoms with Gasteiger partial charge in [-0.1, -0.05) is 0 Å². The van der Waals surface area contributed by atoms with E-state index in [0.29, 0.717) is 15.7 Å². The summed E-state index contributed by atoms with van der Waals surface area (Å²) >= 11 is 3.18. The summed E-state index contributed by atoms with van der Waals surface area (Å²) in [6.45, 7) is 0. The van der Waals surface area contributed by atoms with Crippen LogP contribution in [-0.2, 0) is 4.79 Å². The minimum atomic E-state index is -1.01. The molecule has 0 saturated heterocycles. The molecule has 0 bridgehead atoms. The largest absolute Gasteiger partial charge is 0.478 e. The summed E-state index contributed by atoms with van der Waals surface area (Å²) in [6.07, 6.45) is 5.46. The standard InChI is InChI=1S/C8H7BrN2O2/c9-6-4-11-3-5(8(6)10)1-2-7(12)13/h1-4H,(H2,10,11)(H,12,13)/b2-1+. The van der Waals surface area contributed by atoms with E-state index in [0.717, 1.165) is 6.08 Å². The maximum absolute atomic E-state index is 10.2. The molecule has 0 aliphatic rings. The second-order valence-corrected chi connectivity index (χ2v) is 3.15. The van der Waals surface area contributed by atoms with Crippen molar-refractivity contribution in [3.05, 3.63) is 28.5 Å². The van der Waals surface area contributed by atoms with E-state index in [4.69, 9.17) is 10.8 Å². The second kappa shape index (κ2) is 4.04. The molecule has 0 radical (unpaired) electrons. The average molecular weight is 243 g/mol. The molecule has 5 heteroatoms. The number of hydrogen-bond acceptors (Lipinski definition) is 3. The van der Waals surface area contributed by atoms with Gasteiger partial charge in [-0.3, -0.25) is 4.98 Å². The van der Waals surface area contributed by atoms with E-state index in [1.807, 2.05) is 0 Å². The summed E-state index contributed by atoms with van der Waals surface area (Å²) in [5.41, 5.74) is 6.70. The first-order valence-electron chi connectivity index (χ1n) is 3.41. The molecule has 0 unspecified atom stereocenters. The van der Waals surface area contributed by atoms with Gasteiger partial charge in [-0.05, 0) is 22.0 Å². The molecule has 0 amide bonds. The molecule has 68 valence electrons. The lowest BCUT2D eigenvalue weighted by Crippen LogP contribution is -1.93. The Morgan fingerprint density at radius 2 is 2.31 bits per heavy atom. The number of aliphatic carboxylic acids is 1. The fourth-order valence-corrected chi connectivity index (χ4v) is 1.10. The Labute approximate surface area is 83.2 Å². The topological polar surface area (TPSA) is 76.2 Å². The van der Waals surface area contributed by atoms with E-state index >= 15 is 0 Å². The molecule has 0 atom stereocenters. The van der Waals surface area contributed by atoms with Gasteiger partial charge in [0.05, 0.1) is 10.2 Å². The molecule has 1 heterocycles. The van der Waals surface area contributed by atoms with Gasteiger partial charge in [0.1, 0.15) is 0 Å². The summed E-state index contributed by atoms with van der Waals surface area (Å²) in [5.74, 6) is -1.01. The van der Waals surface area contributed by atoms with Gasteiger partial charge in [0.2, 0.25) is 0 Å². The van der Waals surface area contributed by atoms with Crippen LogP contribution in [0.25, 0.3) is 6.08 Å². The van der Waals surface area contributed by atoms with E-state index in [1.54, 1.807) is 6.20 Å². The van der Waals surface area contributed by atoms with E-state index in [9.17, 15) is 4.79 Å². The molecule has 0 fully saturated rings. The highest BCUT2D eigenvalue weighted by atomic mass is 79.9. The number of nitrogens with zero attached hydrogens (tertiary/aromatic N) is 1. The highest BCUT2D eigenvalue weighted by Crippen LogP contribution is 2.22. The fraction of sp³-hybridized carbons (Fsp3) is 0. The third-order valence-corrected chi connectivity index (χ3v) is 2.01. The third kappa shape index (κ3) is 2.55. The predicted molar refractivity (Wildman–Crippen MR) is 53.0 cm³/mol. The van der Waals surface area contributed by atoms with Crippen molar-refractivity contribution in [2.45, 2.75) is 0 Å². The fourth-order valence-electron chi connectivity index (χ4n) is 0.754. The van der Waals surface area contributed by atoms with Gasteiger partial charge in [0.15, 0.2) is 0 Å². The molecule has 0 aromatic carbocycles. The number of pyridine rings is 1. The summed E-state index contributed by atoms with van der Waals surface area (Å²) in [4.78, 5) is 14.1. The van der Waals surface area contributed by atoms with Crippen molar-refractivity contribution in [3.8, 4) is 0 Å². The summed E-state index contributed by atoms with van der Waals surface area (Å²) in [7, 11) is 0. The lowest BCUT2D eigenvalue weighted by molar-refractivity contribution is -0.131. The zero-order valence-corrected chi connectivity index (χ0v) is 8.15. The van der Waals surface area contributed by atoms with Gasteiger partial charge in [-0.25, -0.2) is 4.79 Å². The number of nitrogens with two attached hydrogens (primary N) is 1. The number of nitrogen functional groups attached to an aromatic ring is 1. The predicted octanol–water partition coefficient (Wildman–Crippen LogP) is 1.52. The summed E-state index contributed by atoms with van der Waals surface area (Å²) < 4.78 is 0.653. The van der Waals surface area contributed by atoms with Crippen molar-refractivity contribution in [1.82, 2.24) is 4.98 Å². The molecule has 1 aromatic rings. The van der Waals surface area contributed by atoms with Crippen LogP contribution in [0.4, 0.5) is 5.69 Å². The third-order valence-electron chi connectivity index (χ3n) is 1.38. The normalized spacial score (nSPS) is 10.5. The molecule has 13 heavy (non-hydrogen) atoms. The first kappa shape index (κ1) is 9.73. The van der Waals surface area contributed by atoms with E-state index < -0.39 is 5.97 Å². The maximum atomic E-state index is 10.2. The van der Waals surface area contributed by atoms with Gasteiger partial charge >= 0.3 is 5.97 Å². The van der Waals surface area contributed by atoms with Gasteiger partial charge in [-0.2, -0.15) is 0 Å². The lowest BCUT2D eigenvalue weighted by atomic mass is 10.2. The van der Waals surface area contributed by atoms with Crippen LogP contribution >= 0.6 is 15.9 Å². The number of carboxylic acids is 1. The van der Waals surface area contributed by atoms with Gasteiger partial charge in [0.25, 0.3) is 0 Å². The minimum Gasteiger partial charge on any atom is -0.478 e. The van der Waals surface area contributed by atoms with Gasteiger partial charge < -0.3 is 10.8 Å². The van der Waals surface area contributed by atoms with Crippen molar-refractivity contribution >= 4 is 33.7 Å². The molecule has 4 nitrogen and oxygen atoms in total. The Kier molecular flexibility index (Phi) is 3.02. The smallest absolute Gasteiger partial charge is 0.328 e. The number of carboxylic acid groups (broad SMARTS) is 1. The molecule has 1 aromatic heterocycles. The molecular formula is C8H7BrN2O2. The van der Waals surface area contributed by atoms with Crippen LogP contribution in [-0.4, -0.2) is 16.1 Å². The van der Waals surface area contributed by atoms with Crippen LogP contribution in [0.15, 0.2) is 22.9 Å². The highest BCUT2D eigenvalue weighted by molar-refractivity contribution is 9.10. The summed E-state index contributed by atoms with van der Waals surface area (Å²) in [6, 6.07) is 0. The van der Waals surface area contributed by atoms with Crippen molar-refractivity contribution in [1.29, 1.82) is 0 Å². The number of anilines is 1. The van der Waals surface area contributed by atoms with E-state index in [1.165, 1.54) is 12.3 Å². The van der Waals surface area contributed by atoms with Crippen molar-refractivity contribution in [2.24, 2.45) is 0 Å². The Hall–Kier alpha value is -1.36. The number of halogens is 1. The zero-order chi connectivity index (χ0) is 9.84. The maximum Gasteiger partial charge on any atom is 0.328 e. The second-order valence-electron chi connectivity index (χ2n) is 2.30. The SMILES string of the molecule is Nc1c(Br)cncc1/C=C/C(=O)O. The number of rotatable bonds is 2. The Morgan fingerprint density at radius 1 is 1.62 bits per heavy atom. The molecular weight excluding hydrogens is 236 g/mol. The quantitative estimate of drug-likeness (QED) is 0.772. The van der Waals surface area contributed by atoms with Crippen molar-refractivity contribution < 1.29 is 9.90 Å². The van der Waals surface area contributed by atoms with Crippen LogP contribution in [0.3, 0.4) is 0 Å². The van der Waals surface area contributed by atoms with Gasteiger partial charge in [0, 0.05) is 24.0 Å². The highest BCUT2D eigenvalue weighted by Gasteiger charge is 2.00. The number of aromatic nitrogens is 1. The lowest BCUT2D eigenvalue weighted by Gasteiger charge is -2.00.